The van der Waals surface area contributed by atoms with Crippen LogP contribution in [0.25, 0.3) is 0 Å². The first-order chi connectivity index (χ1) is 9.36. The Labute approximate surface area is 117 Å². The molecule has 8 nitrogen and oxygen atoms in total. The van der Waals surface area contributed by atoms with Gasteiger partial charge in [0.15, 0.2) is 0 Å². The van der Waals surface area contributed by atoms with Crippen LogP contribution in [-0.4, -0.2) is 32.9 Å². The maximum Gasteiger partial charge on any atom is 0.327 e. The van der Waals surface area contributed by atoms with Crippen LogP contribution in [0, 0.1) is 22.5 Å². The van der Waals surface area contributed by atoms with E-state index in [4.69, 9.17) is 23.1 Å². The molecule has 0 spiro atoms. The smallest absolute Gasteiger partial charge is 0.327 e. The normalized spacial score (nSPS) is 11.2. The number of carbonyl (C=O) groups is 2. The van der Waals surface area contributed by atoms with Crippen molar-refractivity contribution in [2.75, 3.05) is 0 Å². The lowest BCUT2D eigenvalue weighted by atomic mass is 10.1. The fourth-order valence-corrected chi connectivity index (χ4v) is 1.46. The van der Waals surface area contributed by atoms with Crippen LogP contribution in [-0.2, 0) is 4.79 Å². The van der Waals surface area contributed by atoms with Gasteiger partial charge in [-0.15, -0.1) is 12.3 Å². The van der Waals surface area contributed by atoms with Gasteiger partial charge in [-0.2, -0.15) is 0 Å². The fourth-order valence-electron chi connectivity index (χ4n) is 1.30. The summed E-state index contributed by atoms with van der Waals surface area (Å²) in [5.41, 5.74) is -0.977. The number of aliphatic carboxylic acids is 1. The molecule has 0 saturated carbocycles. The molecule has 1 aromatic heterocycles. The Kier molecular flexibility index (Phi) is 5.00. The van der Waals surface area contributed by atoms with E-state index in [0.717, 1.165) is 12.3 Å². The van der Waals surface area contributed by atoms with Crippen LogP contribution in [0.1, 0.15) is 16.8 Å². The van der Waals surface area contributed by atoms with E-state index in [2.05, 4.69) is 16.2 Å². The molecule has 0 radical (unpaired) electrons. The highest BCUT2D eigenvalue weighted by Crippen LogP contribution is 2.20. The van der Waals surface area contributed by atoms with E-state index < -0.39 is 34.1 Å². The number of rotatable bonds is 5. The number of carboxylic acids is 1. The first kappa shape index (κ1) is 15.4. The average molecular weight is 298 g/mol. The van der Waals surface area contributed by atoms with Gasteiger partial charge in [0, 0.05) is 6.42 Å². The Morgan fingerprint density at radius 3 is 2.80 bits per heavy atom. The van der Waals surface area contributed by atoms with Gasteiger partial charge in [0.2, 0.25) is 0 Å². The molecule has 0 aliphatic carbocycles. The van der Waals surface area contributed by atoms with Gasteiger partial charge in [0.1, 0.15) is 23.0 Å². The molecular formula is C11H8ClN3O5. The van der Waals surface area contributed by atoms with E-state index in [1.807, 2.05) is 0 Å². The third kappa shape index (κ3) is 3.66. The van der Waals surface area contributed by atoms with Gasteiger partial charge >= 0.3 is 5.97 Å². The van der Waals surface area contributed by atoms with Crippen LogP contribution >= 0.6 is 11.6 Å². The van der Waals surface area contributed by atoms with Gasteiger partial charge in [0.25, 0.3) is 11.6 Å². The molecule has 1 unspecified atom stereocenters. The second kappa shape index (κ2) is 6.49. The first-order valence-electron chi connectivity index (χ1n) is 5.14. The predicted octanol–water partition coefficient (Wildman–Crippen LogP) is 0.849. The van der Waals surface area contributed by atoms with E-state index in [9.17, 15) is 19.7 Å². The maximum atomic E-state index is 11.9. The lowest BCUT2D eigenvalue weighted by molar-refractivity contribution is -0.385. The number of halogens is 1. The molecule has 104 valence electrons. The van der Waals surface area contributed by atoms with Crippen LogP contribution in [0.3, 0.4) is 0 Å². The molecule has 1 amide bonds. The number of carbonyl (C=O) groups excluding carboxylic acids is 1. The number of nitro groups is 1. The Bertz CT molecular complexity index is 611. The number of pyridine rings is 1. The Morgan fingerprint density at radius 1 is 1.65 bits per heavy atom. The Morgan fingerprint density at radius 2 is 2.30 bits per heavy atom. The summed E-state index contributed by atoms with van der Waals surface area (Å²) < 4.78 is 0. The highest BCUT2D eigenvalue weighted by Gasteiger charge is 2.25. The molecule has 1 rings (SSSR count). The second-order valence-electron chi connectivity index (χ2n) is 3.55. The number of terminal acetylenes is 1. The van der Waals surface area contributed by atoms with Gasteiger partial charge in [-0.05, 0) is 6.07 Å². The summed E-state index contributed by atoms with van der Waals surface area (Å²) in [5.74, 6) is -0.230. The molecule has 20 heavy (non-hydrogen) atoms. The van der Waals surface area contributed by atoms with Crippen LogP contribution < -0.4 is 5.32 Å². The lowest BCUT2D eigenvalue weighted by Gasteiger charge is -2.11. The van der Waals surface area contributed by atoms with Crippen LogP contribution in [0.4, 0.5) is 5.69 Å². The van der Waals surface area contributed by atoms with Crippen LogP contribution in [0.2, 0.25) is 5.15 Å². The molecule has 0 aromatic carbocycles. The number of hydrogen-bond donors (Lipinski definition) is 2. The molecule has 0 bridgehead atoms. The van der Waals surface area contributed by atoms with Crippen LogP contribution in [0.5, 0.6) is 0 Å². The Balaban J connectivity index is 3.08. The van der Waals surface area contributed by atoms with Crippen molar-refractivity contribution in [3.8, 4) is 12.3 Å². The topological polar surface area (TPSA) is 122 Å². The minimum Gasteiger partial charge on any atom is -0.480 e. The summed E-state index contributed by atoms with van der Waals surface area (Å²) in [4.78, 5) is 36.2. The molecule has 0 aliphatic rings. The predicted molar refractivity (Wildman–Crippen MR) is 68.2 cm³/mol. The molecule has 0 saturated heterocycles. The van der Waals surface area contributed by atoms with Crippen molar-refractivity contribution in [3.63, 3.8) is 0 Å². The highest BCUT2D eigenvalue weighted by molar-refractivity contribution is 6.29. The minimum absolute atomic E-state index is 0.135. The van der Waals surface area contributed by atoms with Gasteiger partial charge in [0.05, 0.1) is 4.92 Å². The molecule has 1 heterocycles. The molecule has 1 aromatic rings. The number of amides is 1. The summed E-state index contributed by atoms with van der Waals surface area (Å²) in [6.07, 6.45) is 5.54. The second-order valence-corrected chi connectivity index (χ2v) is 3.94. The van der Waals surface area contributed by atoms with Gasteiger partial charge in [-0.3, -0.25) is 14.9 Å². The minimum atomic E-state index is -1.35. The number of nitrogens with zero attached hydrogens (tertiary/aromatic N) is 2. The van der Waals surface area contributed by atoms with Crippen molar-refractivity contribution in [1.29, 1.82) is 0 Å². The third-order valence-electron chi connectivity index (χ3n) is 2.22. The first-order valence-corrected chi connectivity index (χ1v) is 5.51. The monoisotopic (exact) mass is 297 g/mol. The van der Waals surface area contributed by atoms with Crippen molar-refractivity contribution < 1.29 is 19.6 Å². The van der Waals surface area contributed by atoms with E-state index >= 15 is 0 Å². The van der Waals surface area contributed by atoms with Crippen LogP contribution in [0.15, 0.2) is 12.3 Å². The van der Waals surface area contributed by atoms with Crippen molar-refractivity contribution >= 4 is 29.2 Å². The van der Waals surface area contributed by atoms with E-state index in [1.54, 1.807) is 0 Å². The number of hydrogen-bond acceptors (Lipinski definition) is 5. The maximum absolute atomic E-state index is 11.9. The summed E-state index contributed by atoms with van der Waals surface area (Å²) in [5, 5.41) is 21.6. The molecule has 1 atom stereocenters. The summed E-state index contributed by atoms with van der Waals surface area (Å²) >= 11 is 5.56. The average Bonchev–Trinajstić information content (AvgIpc) is 2.37. The van der Waals surface area contributed by atoms with Gasteiger partial charge in [-0.25, -0.2) is 9.78 Å². The molecule has 0 aliphatic heterocycles. The van der Waals surface area contributed by atoms with E-state index in [-0.39, 0.29) is 11.6 Å². The van der Waals surface area contributed by atoms with Crippen molar-refractivity contribution in [2.45, 2.75) is 12.5 Å². The number of carboxylic acid groups (broad SMARTS) is 1. The summed E-state index contributed by atoms with van der Waals surface area (Å²) in [6.45, 7) is 0. The zero-order chi connectivity index (χ0) is 15.3. The zero-order valence-corrected chi connectivity index (χ0v) is 10.6. The van der Waals surface area contributed by atoms with Gasteiger partial charge in [-0.1, -0.05) is 11.6 Å². The molecule has 2 N–H and O–H groups in total. The third-order valence-corrected chi connectivity index (χ3v) is 2.42. The number of nitrogens with one attached hydrogen (secondary N) is 1. The van der Waals surface area contributed by atoms with Crippen molar-refractivity contribution in [2.24, 2.45) is 0 Å². The SMILES string of the molecule is C#CCC(NC(=O)c1cc(Cl)ncc1[N+](=O)[O-])C(=O)O. The lowest BCUT2D eigenvalue weighted by Crippen LogP contribution is -2.40. The van der Waals surface area contributed by atoms with E-state index in [1.165, 1.54) is 0 Å². The van der Waals surface area contributed by atoms with Crippen molar-refractivity contribution in [3.05, 3.63) is 33.1 Å². The highest BCUT2D eigenvalue weighted by atomic mass is 35.5. The quantitative estimate of drug-likeness (QED) is 0.359. The zero-order valence-electron chi connectivity index (χ0n) is 9.87. The largest absolute Gasteiger partial charge is 0.480 e. The molecule has 9 heteroatoms. The molecule has 0 fully saturated rings. The van der Waals surface area contributed by atoms with E-state index in [0.29, 0.717) is 0 Å². The fraction of sp³-hybridized carbons (Fsp3) is 0.182. The van der Waals surface area contributed by atoms with Gasteiger partial charge < -0.3 is 10.4 Å². The summed E-state index contributed by atoms with van der Waals surface area (Å²) in [6, 6.07) is -0.372. The van der Waals surface area contributed by atoms with Crippen molar-refractivity contribution in [1.82, 2.24) is 10.3 Å². The summed E-state index contributed by atoms with van der Waals surface area (Å²) in [7, 11) is 0. The molecular weight excluding hydrogens is 290 g/mol. The Hall–Kier alpha value is -2.66. The standard InChI is InChI=1S/C11H8ClN3O5/c1-2-3-7(11(17)18)14-10(16)6-4-9(12)13-5-8(6)15(19)20/h1,4-5,7H,3H2,(H,14,16)(H,17,18). The number of aromatic nitrogens is 1.